The van der Waals surface area contributed by atoms with Crippen LogP contribution in [-0.2, 0) is 17.9 Å². The van der Waals surface area contributed by atoms with E-state index < -0.39 is 0 Å². The fourth-order valence-corrected chi connectivity index (χ4v) is 4.10. The number of benzene rings is 2. The predicted octanol–water partition coefficient (Wildman–Crippen LogP) is 3.38. The smallest absolute Gasteiger partial charge is 0.410 e. The van der Waals surface area contributed by atoms with Gasteiger partial charge in [-0.3, -0.25) is 0 Å². The van der Waals surface area contributed by atoms with Crippen molar-refractivity contribution in [2.24, 2.45) is 0 Å². The summed E-state index contributed by atoms with van der Waals surface area (Å²) in [7, 11) is 0. The SMILES string of the molecule is O=C(OCc1ccccc1)N1CCC[C@@]2(CNC(=O)N2Cc2ccccc2)C1. The Morgan fingerprint density at radius 3 is 2.43 bits per heavy atom. The maximum absolute atomic E-state index is 12.6. The molecule has 0 unspecified atom stereocenters. The zero-order valence-electron chi connectivity index (χ0n) is 15.8. The molecule has 2 aliphatic rings. The molecule has 0 radical (unpaired) electrons. The molecule has 4 rings (SSSR count). The first kappa shape index (κ1) is 18.3. The molecule has 0 bridgehead atoms. The molecule has 2 fully saturated rings. The molecule has 6 nitrogen and oxygen atoms in total. The topological polar surface area (TPSA) is 61.9 Å². The van der Waals surface area contributed by atoms with Crippen molar-refractivity contribution in [3.05, 3.63) is 71.8 Å². The van der Waals surface area contributed by atoms with Crippen LogP contribution in [0.1, 0.15) is 24.0 Å². The third-order valence-electron chi connectivity index (χ3n) is 5.59. The van der Waals surface area contributed by atoms with Crippen LogP contribution in [0.15, 0.2) is 60.7 Å². The van der Waals surface area contributed by atoms with E-state index in [1.807, 2.05) is 65.6 Å². The Morgan fingerprint density at radius 2 is 1.71 bits per heavy atom. The second-order valence-corrected chi connectivity index (χ2v) is 7.52. The molecule has 28 heavy (non-hydrogen) atoms. The van der Waals surface area contributed by atoms with Gasteiger partial charge in [0.15, 0.2) is 0 Å². The van der Waals surface area contributed by atoms with E-state index in [0.717, 1.165) is 24.0 Å². The first-order valence-corrected chi connectivity index (χ1v) is 9.71. The number of likely N-dealkylation sites (tertiary alicyclic amines) is 1. The van der Waals surface area contributed by atoms with Crippen molar-refractivity contribution in [3.63, 3.8) is 0 Å². The van der Waals surface area contributed by atoms with Crippen molar-refractivity contribution in [1.29, 1.82) is 0 Å². The van der Waals surface area contributed by atoms with Gasteiger partial charge in [-0.25, -0.2) is 9.59 Å². The summed E-state index contributed by atoms with van der Waals surface area (Å²) in [5, 5.41) is 2.98. The Bertz CT molecular complexity index is 827. The highest BCUT2D eigenvalue weighted by molar-refractivity contribution is 5.78. The van der Waals surface area contributed by atoms with Crippen molar-refractivity contribution in [2.75, 3.05) is 19.6 Å². The van der Waals surface area contributed by atoms with Gasteiger partial charge in [0.2, 0.25) is 0 Å². The van der Waals surface area contributed by atoms with Gasteiger partial charge in [0.25, 0.3) is 0 Å². The Hall–Kier alpha value is -3.02. The van der Waals surface area contributed by atoms with Crippen LogP contribution >= 0.6 is 0 Å². The van der Waals surface area contributed by atoms with Crippen molar-refractivity contribution >= 4 is 12.1 Å². The summed E-state index contributed by atoms with van der Waals surface area (Å²) in [6.45, 7) is 2.50. The van der Waals surface area contributed by atoms with Gasteiger partial charge in [0.1, 0.15) is 6.61 Å². The molecule has 0 aliphatic carbocycles. The van der Waals surface area contributed by atoms with Gasteiger partial charge in [0.05, 0.1) is 5.54 Å². The molecule has 2 heterocycles. The van der Waals surface area contributed by atoms with Crippen LogP contribution in [0.5, 0.6) is 0 Å². The van der Waals surface area contributed by atoms with E-state index in [-0.39, 0.29) is 24.3 Å². The van der Waals surface area contributed by atoms with E-state index in [1.54, 1.807) is 4.90 Å². The van der Waals surface area contributed by atoms with Gasteiger partial charge in [-0.05, 0) is 24.0 Å². The lowest BCUT2D eigenvalue weighted by atomic mass is 9.88. The predicted molar refractivity (Wildman–Crippen MR) is 106 cm³/mol. The Morgan fingerprint density at radius 1 is 1.04 bits per heavy atom. The highest BCUT2D eigenvalue weighted by Gasteiger charge is 2.48. The summed E-state index contributed by atoms with van der Waals surface area (Å²) >= 11 is 0. The Labute approximate surface area is 165 Å². The standard InChI is InChI=1S/C22H25N3O3/c26-20-23-16-22(25(20)14-18-8-3-1-4-9-18)12-7-13-24(17-22)21(27)28-15-19-10-5-2-6-11-19/h1-6,8-11H,7,12-17H2,(H,23,26)/t22-/m1/s1. The normalized spacial score (nSPS) is 21.6. The number of carbonyl (C=O) groups excluding carboxylic acids is 2. The van der Waals surface area contributed by atoms with Gasteiger partial charge in [-0.1, -0.05) is 60.7 Å². The minimum atomic E-state index is -0.378. The Balaban J connectivity index is 1.43. The molecule has 146 valence electrons. The van der Waals surface area contributed by atoms with E-state index in [1.165, 1.54) is 0 Å². The molecule has 0 aromatic heterocycles. The van der Waals surface area contributed by atoms with Gasteiger partial charge < -0.3 is 19.9 Å². The lowest BCUT2D eigenvalue weighted by Crippen LogP contribution is -2.58. The second kappa shape index (κ2) is 7.92. The molecular weight excluding hydrogens is 354 g/mol. The molecule has 1 N–H and O–H groups in total. The van der Waals surface area contributed by atoms with Gasteiger partial charge in [-0.15, -0.1) is 0 Å². The molecule has 1 atom stereocenters. The first-order valence-electron chi connectivity index (χ1n) is 9.71. The number of piperidine rings is 1. The average molecular weight is 379 g/mol. The number of carbonyl (C=O) groups is 2. The number of hydrogen-bond donors (Lipinski definition) is 1. The Kier molecular flexibility index (Phi) is 5.19. The van der Waals surface area contributed by atoms with E-state index >= 15 is 0 Å². The van der Waals surface area contributed by atoms with Gasteiger partial charge in [-0.2, -0.15) is 0 Å². The quantitative estimate of drug-likeness (QED) is 0.886. The molecular formula is C22H25N3O3. The molecule has 6 heteroatoms. The highest BCUT2D eigenvalue weighted by Crippen LogP contribution is 2.32. The summed E-state index contributed by atoms with van der Waals surface area (Å²) in [6, 6.07) is 19.6. The van der Waals surface area contributed by atoms with E-state index in [4.69, 9.17) is 4.74 Å². The number of nitrogens with one attached hydrogen (secondary N) is 1. The van der Waals surface area contributed by atoms with Crippen molar-refractivity contribution < 1.29 is 14.3 Å². The molecule has 2 aromatic rings. The van der Waals surface area contributed by atoms with E-state index in [2.05, 4.69) is 5.32 Å². The minimum absolute atomic E-state index is 0.0663. The van der Waals surface area contributed by atoms with Crippen LogP contribution in [0.4, 0.5) is 9.59 Å². The van der Waals surface area contributed by atoms with E-state index in [0.29, 0.717) is 26.2 Å². The summed E-state index contributed by atoms with van der Waals surface area (Å²) < 4.78 is 5.51. The van der Waals surface area contributed by atoms with Crippen LogP contribution in [0.2, 0.25) is 0 Å². The lowest BCUT2D eigenvalue weighted by Gasteiger charge is -2.44. The fourth-order valence-electron chi connectivity index (χ4n) is 4.10. The average Bonchev–Trinajstić information content (AvgIpc) is 3.03. The zero-order valence-corrected chi connectivity index (χ0v) is 15.8. The maximum Gasteiger partial charge on any atom is 0.410 e. The minimum Gasteiger partial charge on any atom is -0.445 e. The number of ether oxygens (including phenoxy) is 1. The molecule has 2 saturated heterocycles. The largest absolute Gasteiger partial charge is 0.445 e. The van der Waals surface area contributed by atoms with Crippen LogP contribution in [0, 0.1) is 0 Å². The molecule has 2 aliphatic heterocycles. The fraction of sp³-hybridized carbons (Fsp3) is 0.364. The first-order chi connectivity index (χ1) is 13.7. The monoisotopic (exact) mass is 379 g/mol. The van der Waals surface area contributed by atoms with Crippen molar-refractivity contribution in [1.82, 2.24) is 15.1 Å². The summed E-state index contributed by atoms with van der Waals surface area (Å²) in [4.78, 5) is 28.8. The molecule has 3 amide bonds. The maximum atomic E-state index is 12.6. The third kappa shape index (κ3) is 3.81. The number of rotatable bonds is 4. The van der Waals surface area contributed by atoms with Crippen LogP contribution in [-0.4, -0.2) is 47.1 Å². The number of nitrogens with zero attached hydrogens (tertiary/aromatic N) is 2. The summed E-state index contributed by atoms with van der Waals surface area (Å²) in [5.74, 6) is 0. The molecule has 2 aromatic carbocycles. The molecule has 0 saturated carbocycles. The summed E-state index contributed by atoms with van der Waals surface area (Å²) in [5.41, 5.74) is 1.67. The highest BCUT2D eigenvalue weighted by atomic mass is 16.6. The number of urea groups is 1. The lowest BCUT2D eigenvalue weighted by molar-refractivity contribution is 0.0399. The third-order valence-corrected chi connectivity index (χ3v) is 5.59. The van der Waals surface area contributed by atoms with Crippen LogP contribution < -0.4 is 5.32 Å². The van der Waals surface area contributed by atoms with E-state index in [9.17, 15) is 9.59 Å². The summed E-state index contributed by atoms with van der Waals surface area (Å²) in [6.07, 6.45) is 1.41. The van der Waals surface area contributed by atoms with Gasteiger partial charge in [0, 0.05) is 26.2 Å². The zero-order chi connectivity index (χ0) is 19.4. The number of amides is 3. The van der Waals surface area contributed by atoms with Crippen molar-refractivity contribution in [3.8, 4) is 0 Å². The van der Waals surface area contributed by atoms with Crippen LogP contribution in [0.25, 0.3) is 0 Å². The molecule has 1 spiro atoms. The number of hydrogen-bond acceptors (Lipinski definition) is 3. The van der Waals surface area contributed by atoms with Crippen molar-refractivity contribution in [2.45, 2.75) is 31.5 Å². The van der Waals surface area contributed by atoms with Gasteiger partial charge >= 0.3 is 12.1 Å². The van der Waals surface area contributed by atoms with Crippen LogP contribution in [0.3, 0.4) is 0 Å². The second-order valence-electron chi connectivity index (χ2n) is 7.52.